The fraction of sp³-hybridized carbons (Fsp3) is 0.158. The molecule has 0 saturated heterocycles. The molecule has 1 aromatic carbocycles. The summed E-state index contributed by atoms with van der Waals surface area (Å²) < 4.78 is 38.0. The first-order valence-corrected chi connectivity index (χ1v) is 9.50. The zero-order chi connectivity index (χ0) is 19.4. The Morgan fingerprint density at radius 1 is 1.26 bits per heavy atom. The van der Waals surface area contributed by atoms with E-state index in [1.807, 2.05) is 17.5 Å². The SMILES string of the molecule is Cc1nc(-c2cccs2)sc1C(=O)NCC#Cc1cccc(C(F)(F)F)c1. The molecule has 0 bridgehead atoms. The number of alkyl halides is 3. The Kier molecular flexibility index (Phi) is 5.63. The van der Waals surface area contributed by atoms with E-state index >= 15 is 0 Å². The largest absolute Gasteiger partial charge is 0.416 e. The maximum Gasteiger partial charge on any atom is 0.416 e. The summed E-state index contributed by atoms with van der Waals surface area (Å²) in [4.78, 5) is 18.2. The van der Waals surface area contributed by atoms with Gasteiger partial charge in [-0.2, -0.15) is 13.2 Å². The number of hydrogen-bond donors (Lipinski definition) is 1. The van der Waals surface area contributed by atoms with E-state index in [-0.39, 0.29) is 18.0 Å². The van der Waals surface area contributed by atoms with Crippen LogP contribution >= 0.6 is 22.7 Å². The van der Waals surface area contributed by atoms with E-state index in [0.29, 0.717) is 10.6 Å². The Hall–Kier alpha value is -2.63. The van der Waals surface area contributed by atoms with Crippen LogP contribution in [-0.4, -0.2) is 17.4 Å². The van der Waals surface area contributed by atoms with Crippen LogP contribution in [0.2, 0.25) is 0 Å². The van der Waals surface area contributed by atoms with Crippen molar-refractivity contribution in [2.75, 3.05) is 6.54 Å². The molecule has 0 atom stereocenters. The van der Waals surface area contributed by atoms with Crippen LogP contribution in [0.4, 0.5) is 13.2 Å². The summed E-state index contributed by atoms with van der Waals surface area (Å²) in [5.74, 6) is 5.00. The van der Waals surface area contributed by atoms with Crippen molar-refractivity contribution in [3.05, 3.63) is 63.5 Å². The molecule has 3 aromatic rings. The molecule has 27 heavy (non-hydrogen) atoms. The first-order chi connectivity index (χ1) is 12.8. The van der Waals surface area contributed by atoms with Crippen LogP contribution in [0.15, 0.2) is 41.8 Å². The van der Waals surface area contributed by atoms with Crippen molar-refractivity contribution >= 4 is 28.6 Å². The molecule has 2 aromatic heterocycles. The molecule has 3 nitrogen and oxygen atoms in total. The van der Waals surface area contributed by atoms with Gasteiger partial charge in [0.1, 0.15) is 9.88 Å². The average molecular weight is 406 g/mol. The second-order valence-electron chi connectivity index (χ2n) is 5.47. The van der Waals surface area contributed by atoms with E-state index in [4.69, 9.17) is 0 Å². The summed E-state index contributed by atoms with van der Waals surface area (Å²) in [5.41, 5.74) is 0.125. The first kappa shape index (κ1) is 19.1. The molecule has 0 spiro atoms. The fourth-order valence-corrected chi connectivity index (χ4v) is 4.02. The molecule has 1 N–H and O–H groups in total. The highest BCUT2D eigenvalue weighted by Crippen LogP contribution is 2.31. The maximum absolute atomic E-state index is 12.7. The second-order valence-corrected chi connectivity index (χ2v) is 7.42. The van der Waals surface area contributed by atoms with Crippen LogP contribution < -0.4 is 5.32 Å². The monoisotopic (exact) mass is 406 g/mol. The van der Waals surface area contributed by atoms with Gasteiger partial charge in [0, 0.05) is 5.56 Å². The predicted molar refractivity (Wildman–Crippen MR) is 101 cm³/mol. The molecular weight excluding hydrogens is 393 g/mol. The minimum Gasteiger partial charge on any atom is -0.340 e. The average Bonchev–Trinajstić information content (AvgIpc) is 3.27. The van der Waals surface area contributed by atoms with Crippen molar-refractivity contribution in [3.8, 4) is 21.7 Å². The van der Waals surface area contributed by atoms with E-state index < -0.39 is 11.7 Å². The Labute approximate surface area is 161 Å². The van der Waals surface area contributed by atoms with Crippen molar-refractivity contribution in [2.24, 2.45) is 0 Å². The third kappa shape index (κ3) is 4.76. The predicted octanol–water partition coefficient (Wildman–Crippen LogP) is 4.98. The van der Waals surface area contributed by atoms with Crippen molar-refractivity contribution in [3.63, 3.8) is 0 Å². The van der Waals surface area contributed by atoms with Crippen LogP contribution in [0.3, 0.4) is 0 Å². The lowest BCUT2D eigenvalue weighted by atomic mass is 10.1. The van der Waals surface area contributed by atoms with E-state index in [9.17, 15) is 18.0 Å². The Bertz CT molecular complexity index is 1010. The second kappa shape index (κ2) is 7.94. The zero-order valence-electron chi connectivity index (χ0n) is 14.1. The number of halogens is 3. The lowest BCUT2D eigenvalue weighted by molar-refractivity contribution is -0.137. The minimum absolute atomic E-state index is 0.0285. The van der Waals surface area contributed by atoms with E-state index in [1.165, 1.54) is 23.5 Å². The van der Waals surface area contributed by atoms with Crippen LogP contribution in [0.5, 0.6) is 0 Å². The van der Waals surface area contributed by atoms with Crippen LogP contribution in [-0.2, 0) is 6.18 Å². The Morgan fingerprint density at radius 3 is 2.78 bits per heavy atom. The van der Waals surface area contributed by atoms with E-state index in [2.05, 4.69) is 22.1 Å². The Balaban J connectivity index is 1.64. The lowest BCUT2D eigenvalue weighted by Crippen LogP contribution is -2.23. The van der Waals surface area contributed by atoms with Gasteiger partial charge in [0.05, 0.1) is 22.7 Å². The van der Waals surface area contributed by atoms with Gasteiger partial charge in [-0.1, -0.05) is 24.0 Å². The third-order valence-electron chi connectivity index (χ3n) is 3.49. The number of thiazole rings is 1. The third-order valence-corrected chi connectivity index (χ3v) is 5.69. The number of thiophene rings is 1. The topological polar surface area (TPSA) is 42.0 Å². The molecule has 1 amide bonds. The summed E-state index contributed by atoms with van der Waals surface area (Å²) in [6.07, 6.45) is -4.41. The number of hydrogen-bond acceptors (Lipinski definition) is 4. The molecule has 2 heterocycles. The van der Waals surface area contributed by atoms with Crippen LogP contribution in [0, 0.1) is 18.8 Å². The normalized spacial score (nSPS) is 11.0. The highest BCUT2D eigenvalue weighted by molar-refractivity contribution is 7.22. The lowest BCUT2D eigenvalue weighted by Gasteiger charge is -2.05. The molecule has 138 valence electrons. The molecule has 0 fully saturated rings. The van der Waals surface area contributed by atoms with Crippen LogP contribution in [0.1, 0.15) is 26.5 Å². The number of carbonyl (C=O) groups excluding carboxylic acids is 1. The first-order valence-electron chi connectivity index (χ1n) is 7.80. The summed E-state index contributed by atoms with van der Waals surface area (Å²) >= 11 is 2.84. The molecule has 0 aliphatic rings. The number of aromatic nitrogens is 1. The highest BCUT2D eigenvalue weighted by Gasteiger charge is 2.30. The molecular formula is C19H13F3N2OS2. The zero-order valence-corrected chi connectivity index (χ0v) is 15.7. The molecule has 0 radical (unpaired) electrons. The molecule has 0 unspecified atom stereocenters. The van der Waals surface area contributed by atoms with Gasteiger partial charge in [-0.05, 0) is 36.6 Å². The smallest absolute Gasteiger partial charge is 0.340 e. The number of rotatable bonds is 3. The number of amides is 1. The standard InChI is InChI=1S/C19H13F3N2OS2/c1-12-16(27-18(24-12)15-8-4-10-26-15)17(25)23-9-3-6-13-5-2-7-14(11-13)19(20,21)22/h2,4-5,7-8,10-11H,9H2,1H3,(H,23,25). The molecule has 8 heteroatoms. The van der Waals surface area contributed by atoms with Crippen molar-refractivity contribution in [1.82, 2.24) is 10.3 Å². The molecule has 0 aliphatic carbocycles. The van der Waals surface area contributed by atoms with Gasteiger partial charge in [-0.3, -0.25) is 4.79 Å². The Morgan fingerprint density at radius 2 is 2.07 bits per heavy atom. The van der Waals surface area contributed by atoms with Crippen molar-refractivity contribution < 1.29 is 18.0 Å². The summed E-state index contributed by atoms with van der Waals surface area (Å²) in [6.45, 7) is 1.79. The van der Waals surface area contributed by atoms with E-state index in [0.717, 1.165) is 22.0 Å². The van der Waals surface area contributed by atoms with Gasteiger partial charge in [0.2, 0.25) is 0 Å². The quantitative estimate of drug-likeness (QED) is 0.624. The van der Waals surface area contributed by atoms with Gasteiger partial charge in [0.15, 0.2) is 0 Å². The van der Waals surface area contributed by atoms with Gasteiger partial charge >= 0.3 is 6.18 Å². The van der Waals surface area contributed by atoms with Gasteiger partial charge < -0.3 is 5.32 Å². The van der Waals surface area contributed by atoms with Gasteiger partial charge in [-0.15, -0.1) is 22.7 Å². The fourth-order valence-electron chi connectivity index (χ4n) is 2.24. The number of benzene rings is 1. The number of nitrogens with one attached hydrogen (secondary N) is 1. The summed E-state index contributed by atoms with van der Waals surface area (Å²) in [7, 11) is 0. The summed E-state index contributed by atoms with van der Waals surface area (Å²) in [5, 5.41) is 5.37. The summed E-state index contributed by atoms with van der Waals surface area (Å²) in [6, 6.07) is 8.62. The van der Waals surface area contributed by atoms with E-state index in [1.54, 1.807) is 18.3 Å². The highest BCUT2D eigenvalue weighted by atomic mass is 32.1. The molecule has 3 rings (SSSR count). The number of nitrogens with zero attached hydrogens (tertiary/aromatic N) is 1. The van der Waals surface area contributed by atoms with Crippen molar-refractivity contribution in [2.45, 2.75) is 13.1 Å². The van der Waals surface area contributed by atoms with Gasteiger partial charge in [0.25, 0.3) is 5.91 Å². The van der Waals surface area contributed by atoms with Crippen LogP contribution in [0.25, 0.3) is 9.88 Å². The number of carbonyl (C=O) groups is 1. The molecule has 0 aliphatic heterocycles. The van der Waals surface area contributed by atoms with Crippen molar-refractivity contribution in [1.29, 1.82) is 0 Å². The minimum atomic E-state index is -4.41. The molecule has 0 saturated carbocycles. The van der Waals surface area contributed by atoms with Gasteiger partial charge in [-0.25, -0.2) is 4.98 Å². The number of aryl methyl sites for hydroxylation is 1. The maximum atomic E-state index is 12.7.